The molecule has 5 nitrogen and oxygen atoms in total. The fraction of sp³-hybridized carbons (Fsp3) is 0.600. The summed E-state index contributed by atoms with van der Waals surface area (Å²) in [6.07, 6.45) is 4.88. The van der Waals surface area contributed by atoms with Crippen LogP contribution in [-0.2, 0) is 11.8 Å². The van der Waals surface area contributed by atoms with Crippen LogP contribution in [0, 0.1) is 0 Å². The molecule has 0 spiro atoms. The van der Waals surface area contributed by atoms with Crippen molar-refractivity contribution in [2.45, 2.75) is 32.2 Å². The van der Waals surface area contributed by atoms with Gasteiger partial charge in [-0.25, -0.2) is 0 Å². The van der Waals surface area contributed by atoms with Crippen LogP contribution < -0.4 is 11.1 Å². The first-order valence-electron chi connectivity index (χ1n) is 5.04. The zero-order chi connectivity index (χ0) is 11.5. The summed E-state index contributed by atoms with van der Waals surface area (Å²) in [7, 11) is 1.79. The Kier molecular flexibility index (Phi) is 5.47. The highest BCUT2D eigenvalue weighted by Crippen LogP contribution is 2.12. The summed E-state index contributed by atoms with van der Waals surface area (Å²) in [5, 5.41) is 6.70. The van der Waals surface area contributed by atoms with Crippen molar-refractivity contribution in [1.29, 1.82) is 0 Å². The molecule has 0 saturated carbocycles. The van der Waals surface area contributed by atoms with Crippen molar-refractivity contribution in [3.05, 3.63) is 12.4 Å². The topological polar surface area (TPSA) is 72.9 Å². The molecule has 1 unspecified atom stereocenters. The largest absolute Gasteiger partial charge is 0.322 e. The standard InChI is InChI=1S/C10H18N4O.ClH/c1-4-5-10(2,11)9(15)13-8-6-12-14(3)7-8;/h6-7H,4-5,11H2,1-3H3,(H,13,15);1H. The zero-order valence-corrected chi connectivity index (χ0v) is 10.7. The van der Waals surface area contributed by atoms with Crippen LogP contribution in [0.1, 0.15) is 26.7 Å². The van der Waals surface area contributed by atoms with Crippen molar-refractivity contribution >= 4 is 24.0 Å². The van der Waals surface area contributed by atoms with Crippen LogP contribution >= 0.6 is 12.4 Å². The van der Waals surface area contributed by atoms with Crippen LogP contribution in [0.3, 0.4) is 0 Å². The van der Waals surface area contributed by atoms with Crippen LogP contribution in [0.25, 0.3) is 0 Å². The number of nitrogens with zero attached hydrogens (tertiary/aromatic N) is 2. The average Bonchev–Trinajstić information content (AvgIpc) is 2.51. The van der Waals surface area contributed by atoms with Crippen LogP contribution in [0.5, 0.6) is 0 Å². The van der Waals surface area contributed by atoms with E-state index in [0.29, 0.717) is 12.1 Å². The van der Waals surface area contributed by atoms with Gasteiger partial charge in [0.2, 0.25) is 5.91 Å². The van der Waals surface area contributed by atoms with Gasteiger partial charge in [-0.2, -0.15) is 5.10 Å². The second-order valence-corrected chi connectivity index (χ2v) is 4.02. The Morgan fingerprint density at radius 1 is 1.69 bits per heavy atom. The molecule has 0 aliphatic rings. The van der Waals surface area contributed by atoms with Gasteiger partial charge in [0.15, 0.2) is 0 Å². The third-order valence-corrected chi connectivity index (χ3v) is 2.25. The Balaban J connectivity index is 0.00000225. The summed E-state index contributed by atoms with van der Waals surface area (Å²) in [4.78, 5) is 11.8. The first kappa shape index (κ1) is 14.9. The number of carbonyl (C=O) groups excluding carboxylic acids is 1. The smallest absolute Gasteiger partial charge is 0.244 e. The lowest BCUT2D eigenvalue weighted by molar-refractivity contribution is -0.120. The van der Waals surface area contributed by atoms with Gasteiger partial charge in [-0.3, -0.25) is 9.48 Å². The molecule has 1 amide bonds. The zero-order valence-electron chi connectivity index (χ0n) is 9.86. The molecule has 0 aromatic carbocycles. The van der Waals surface area contributed by atoms with Gasteiger partial charge < -0.3 is 11.1 Å². The minimum atomic E-state index is -0.815. The highest BCUT2D eigenvalue weighted by atomic mass is 35.5. The maximum atomic E-state index is 11.8. The number of rotatable bonds is 4. The van der Waals surface area contributed by atoms with Gasteiger partial charge in [0.25, 0.3) is 0 Å². The van der Waals surface area contributed by atoms with Gasteiger partial charge in [-0.1, -0.05) is 13.3 Å². The van der Waals surface area contributed by atoms with E-state index in [1.807, 2.05) is 6.92 Å². The minimum Gasteiger partial charge on any atom is -0.322 e. The number of aryl methyl sites for hydroxylation is 1. The second-order valence-electron chi connectivity index (χ2n) is 4.02. The fourth-order valence-corrected chi connectivity index (χ4v) is 1.39. The lowest BCUT2D eigenvalue weighted by Crippen LogP contribution is -2.48. The molecule has 0 fully saturated rings. The molecular formula is C10H19ClN4O. The molecule has 16 heavy (non-hydrogen) atoms. The minimum absolute atomic E-state index is 0. The molecule has 6 heteroatoms. The Hall–Kier alpha value is -1.07. The molecule has 1 rings (SSSR count). The van der Waals surface area contributed by atoms with Crippen molar-refractivity contribution in [3.8, 4) is 0 Å². The van der Waals surface area contributed by atoms with Crippen LogP contribution in [0.2, 0.25) is 0 Å². The van der Waals surface area contributed by atoms with Gasteiger partial charge in [-0.05, 0) is 13.3 Å². The van der Waals surface area contributed by atoms with Crippen LogP contribution in [0.4, 0.5) is 5.69 Å². The van der Waals surface area contributed by atoms with E-state index in [1.54, 1.807) is 31.0 Å². The normalized spacial score (nSPS) is 13.8. The third-order valence-electron chi connectivity index (χ3n) is 2.25. The van der Waals surface area contributed by atoms with Crippen LogP contribution in [-0.4, -0.2) is 21.2 Å². The number of aromatic nitrogens is 2. The first-order valence-corrected chi connectivity index (χ1v) is 5.04. The summed E-state index contributed by atoms with van der Waals surface area (Å²) in [5.41, 5.74) is 5.75. The highest BCUT2D eigenvalue weighted by Gasteiger charge is 2.27. The number of nitrogens with one attached hydrogen (secondary N) is 1. The summed E-state index contributed by atoms with van der Waals surface area (Å²) >= 11 is 0. The first-order chi connectivity index (χ1) is 6.95. The van der Waals surface area contributed by atoms with E-state index in [2.05, 4.69) is 10.4 Å². The van der Waals surface area contributed by atoms with Crippen molar-refractivity contribution in [1.82, 2.24) is 9.78 Å². The number of hydrogen-bond donors (Lipinski definition) is 2. The van der Waals surface area contributed by atoms with Gasteiger partial charge in [0.05, 0.1) is 17.4 Å². The lowest BCUT2D eigenvalue weighted by Gasteiger charge is -2.22. The van der Waals surface area contributed by atoms with Gasteiger partial charge in [-0.15, -0.1) is 12.4 Å². The Morgan fingerprint density at radius 3 is 2.75 bits per heavy atom. The van der Waals surface area contributed by atoms with Crippen molar-refractivity contribution < 1.29 is 4.79 Å². The van der Waals surface area contributed by atoms with Crippen molar-refractivity contribution in [3.63, 3.8) is 0 Å². The number of halogens is 1. The average molecular weight is 247 g/mol. The maximum Gasteiger partial charge on any atom is 0.244 e. The summed E-state index contributed by atoms with van der Waals surface area (Å²) in [5.74, 6) is -0.169. The monoisotopic (exact) mass is 246 g/mol. The molecule has 0 aliphatic heterocycles. The predicted molar refractivity (Wildman–Crippen MR) is 66.6 cm³/mol. The van der Waals surface area contributed by atoms with E-state index in [1.165, 1.54) is 0 Å². The molecule has 0 saturated heterocycles. The molecule has 1 aromatic heterocycles. The maximum absolute atomic E-state index is 11.8. The van der Waals surface area contributed by atoms with E-state index in [-0.39, 0.29) is 18.3 Å². The van der Waals surface area contributed by atoms with E-state index in [4.69, 9.17) is 5.73 Å². The molecule has 0 aliphatic carbocycles. The third kappa shape index (κ3) is 3.83. The Morgan fingerprint density at radius 2 is 2.31 bits per heavy atom. The molecular weight excluding hydrogens is 228 g/mol. The summed E-state index contributed by atoms with van der Waals surface area (Å²) in [6.45, 7) is 3.74. The lowest BCUT2D eigenvalue weighted by atomic mass is 9.96. The number of anilines is 1. The van der Waals surface area contributed by atoms with Crippen LogP contribution in [0.15, 0.2) is 12.4 Å². The summed E-state index contributed by atoms with van der Waals surface area (Å²) < 4.78 is 1.63. The highest BCUT2D eigenvalue weighted by molar-refractivity contribution is 5.97. The number of amides is 1. The van der Waals surface area contributed by atoms with E-state index >= 15 is 0 Å². The van der Waals surface area contributed by atoms with Gasteiger partial charge >= 0.3 is 0 Å². The predicted octanol–water partition coefficient (Wildman–Crippen LogP) is 1.30. The molecule has 1 heterocycles. The summed E-state index contributed by atoms with van der Waals surface area (Å²) in [6, 6.07) is 0. The van der Waals surface area contributed by atoms with E-state index in [9.17, 15) is 4.79 Å². The molecule has 1 aromatic rings. The molecule has 92 valence electrons. The molecule has 1 atom stereocenters. The SMILES string of the molecule is CCCC(C)(N)C(=O)Nc1cnn(C)c1.Cl. The number of nitrogens with two attached hydrogens (primary N) is 1. The Labute approximate surface area is 102 Å². The van der Waals surface area contributed by atoms with Crippen molar-refractivity contribution in [2.24, 2.45) is 12.8 Å². The van der Waals surface area contributed by atoms with Crippen molar-refractivity contribution in [2.75, 3.05) is 5.32 Å². The molecule has 0 bridgehead atoms. The Bertz CT molecular complexity index is 348. The number of carbonyl (C=O) groups is 1. The van der Waals surface area contributed by atoms with Gasteiger partial charge in [0, 0.05) is 13.2 Å². The quantitative estimate of drug-likeness (QED) is 0.841. The van der Waals surface area contributed by atoms with Gasteiger partial charge in [0.1, 0.15) is 0 Å². The molecule has 3 N–H and O–H groups in total. The van der Waals surface area contributed by atoms with E-state index < -0.39 is 5.54 Å². The van der Waals surface area contributed by atoms with E-state index in [0.717, 1.165) is 6.42 Å². The fourth-order valence-electron chi connectivity index (χ4n) is 1.39. The number of hydrogen-bond acceptors (Lipinski definition) is 3. The second kappa shape index (κ2) is 5.86. The molecule has 0 radical (unpaired) electrons.